The van der Waals surface area contributed by atoms with Crippen LogP contribution in [0, 0.1) is 5.92 Å². The molecule has 3 atom stereocenters. The number of hydrogen-bond donors (Lipinski definition) is 4. The van der Waals surface area contributed by atoms with E-state index in [1.54, 1.807) is 0 Å². The second kappa shape index (κ2) is 13.3. The number of carbonyl (C=O) groups is 3. The van der Waals surface area contributed by atoms with Crippen LogP contribution in [0.25, 0.3) is 0 Å². The summed E-state index contributed by atoms with van der Waals surface area (Å²) in [5.41, 5.74) is 12.3. The summed E-state index contributed by atoms with van der Waals surface area (Å²) in [6.45, 7) is 4.18. The lowest BCUT2D eigenvalue weighted by Crippen LogP contribution is -2.56. The van der Waals surface area contributed by atoms with Crippen LogP contribution in [0.5, 0.6) is 0 Å². The molecule has 0 heterocycles. The first kappa shape index (κ1) is 25.1. The first-order valence-corrected chi connectivity index (χ1v) is 10.5. The minimum absolute atomic E-state index is 0.0720. The number of nitrogens with two attached hydrogens (primary N) is 2. The third-order valence-corrected chi connectivity index (χ3v) is 4.98. The van der Waals surface area contributed by atoms with Crippen LogP contribution >= 0.6 is 11.6 Å². The normalized spacial score (nSPS) is 14.1. The van der Waals surface area contributed by atoms with Crippen LogP contribution in [0.1, 0.15) is 38.7 Å². The van der Waals surface area contributed by atoms with Gasteiger partial charge < -0.3 is 22.1 Å². The number of carbonyl (C=O) groups excluding carboxylic acids is 3. The Balaban J connectivity index is 2.94. The number of ketones is 1. The Kier molecular flexibility index (Phi) is 11.5. The molecule has 0 saturated carbocycles. The van der Waals surface area contributed by atoms with E-state index in [0.29, 0.717) is 19.4 Å². The van der Waals surface area contributed by atoms with Gasteiger partial charge in [0.15, 0.2) is 5.78 Å². The van der Waals surface area contributed by atoms with E-state index >= 15 is 0 Å². The molecular weight excluding hydrogens is 392 g/mol. The highest BCUT2D eigenvalue weighted by molar-refractivity contribution is 6.28. The van der Waals surface area contributed by atoms with Gasteiger partial charge in [-0.05, 0) is 37.3 Å². The molecule has 2 amide bonds. The molecular formula is C21H33ClN4O3. The Labute approximate surface area is 177 Å². The Morgan fingerprint density at radius 3 is 2.17 bits per heavy atom. The van der Waals surface area contributed by atoms with Crippen LogP contribution in [0.2, 0.25) is 0 Å². The smallest absolute Gasteiger partial charge is 0.243 e. The molecule has 0 aromatic heterocycles. The van der Waals surface area contributed by atoms with E-state index in [9.17, 15) is 14.4 Å². The Morgan fingerprint density at radius 2 is 1.62 bits per heavy atom. The van der Waals surface area contributed by atoms with Gasteiger partial charge in [0, 0.05) is 6.42 Å². The van der Waals surface area contributed by atoms with Gasteiger partial charge in [0.2, 0.25) is 11.8 Å². The van der Waals surface area contributed by atoms with Gasteiger partial charge in [-0.1, -0.05) is 44.2 Å². The second-order valence-corrected chi connectivity index (χ2v) is 7.73. The molecule has 0 unspecified atom stereocenters. The number of benzene rings is 1. The summed E-state index contributed by atoms with van der Waals surface area (Å²) in [5, 5.41) is 5.49. The maximum absolute atomic E-state index is 13.0. The first-order valence-electron chi connectivity index (χ1n) is 9.99. The molecule has 1 aromatic carbocycles. The SMILES string of the molecule is CC(C)[C@@H](N)C(=O)N[C@@H](Cc1ccccc1)C(=O)N[C@@H](CCCCN)C(=O)CCl. The van der Waals surface area contributed by atoms with Gasteiger partial charge in [-0.15, -0.1) is 11.6 Å². The third-order valence-electron chi connectivity index (χ3n) is 4.72. The summed E-state index contributed by atoms with van der Waals surface area (Å²) < 4.78 is 0. The van der Waals surface area contributed by atoms with Gasteiger partial charge in [-0.3, -0.25) is 14.4 Å². The molecule has 1 aromatic rings. The Bertz CT molecular complexity index is 655. The number of halogens is 1. The minimum atomic E-state index is -0.852. The van der Waals surface area contributed by atoms with Crippen molar-refractivity contribution in [1.29, 1.82) is 0 Å². The maximum Gasteiger partial charge on any atom is 0.243 e. The van der Waals surface area contributed by atoms with Crippen LogP contribution in [0.3, 0.4) is 0 Å². The van der Waals surface area contributed by atoms with Crippen LogP contribution in [-0.4, -0.2) is 48.1 Å². The second-order valence-electron chi connectivity index (χ2n) is 7.47. The molecule has 6 N–H and O–H groups in total. The number of alkyl halides is 1. The van der Waals surface area contributed by atoms with Crippen molar-refractivity contribution in [3.63, 3.8) is 0 Å². The lowest BCUT2D eigenvalue weighted by atomic mass is 10.0. The summed E-state index contributed by atoms with van der Waals surface area (Å²) in [4.78, 5) is 37.6. The van der Waals surface area contributed by atoms with Crippen molar-refractivity contribution in [3.8, 4) is 0 Å². The summed E-state index contributed by atoms with van der Waals surface area (Å²) in [7, 11) is 0. The molecule has 1 rings (SSSR count). The average molecular weight is 425 g/mol. The van der Waals surface area contributed by atoms with Crippen molar-refractivity contribution in [1.82, 2.24) is 10.6 Å². The zero-order chi connectivity index (χ0) is 21.8. The fourth-order valence-electron chi connectivity index (χ4n) is 2.80. The van der Waals surface area contributed by atoms with E-state index in [-0.39, 0.29) is 24.0 Å². The third kappa shape index (κ3) is 8.94. The van der Waals surface area contributed by atoms with Gasteiger partial charge in [0.25, 0.3) is 0 Å². The lowest BCUT2D eigenvalue weighted by molar-refractivity contribution is -0.131. The topological polar surface area (TPSA) is 127 Å². The van der Waals surface area contributed by atoms with Gasteiger partial charge in [0.1, 0.15) is 6.04 Å². The van der Waals surface area contributed by atoms with Crippen molar-refractivity contribution in [2.75, 3.05) is 12.4 Å². The van der Waals surface area contributed by atoms with E-state index in [1.807, 2.05) is 44.2 Å². The summed E-state index contributed by atoms with van der Waals surface area (Å²) >= 11 is 5.70. The summed E-state index contributed by atoms with van der Waals surface area (Å²) in [6, 6.07) is 7.05. The molecule has 29 heavy (non-hydrogen) atoms. The molecule has 0 radical (unpaired) electrons. The molecule has 0 aliphatic rings. The van der Waals surface area contributed by atoms with Crippen molar-refractivity contribution in [2.45, 2.75) is 57.7 Å². The first-order chi connectivity index (χ1) is 13.8. The van der Waals surface area contributed by atoms with Gasteiger partial charge in [-0.2, -0.15) is 0 Å². The van der Waals surface area contributed by atoms with E-state index in [0.717, 1.165) is 12.0 Å². The Hall–Kier alpha value is -1.96. The highest BCUT2D eigenvalue weighted by Crippen LogP contribution is 2.08. The highest BCUT2D eigenvalue weighted by atomic mass is 35.5. The van der Waals surface area contributed by atoms with Crippen LogP contribution in [0.4, 0.5) is 0 Å². The number of nitrogens with one attached hydrogen (secondary N) is 2. The fourth-order valence-corrected chi connectivity index (χ4v) is 2.99. The highest BCUT2D eigenvalue weighted by Gasteiger charge is 2.28. The average Bonchev–Trinajstić information content (AvgIpc) is 2.71. The zero-order valence-electron chi connectivity index (χ0n) is 17.2. The van der Waals surface area contributed by atoms with Gasteiger partial charge in [-0.25, -0.2) is 0 Å². The largest absolute Gasteiger partial charge is 0.344 e. The summed E-state index contributed by atoms with van der Waals surface area (Å²) in [6.07, 6.45) is 2.17. The quantitative estimate of drug-likeness (QED) is 0.278. The van der Waals surface area contributed by atoms with Crippen LogP contribution in [0.15, 0.2) is 30.3 Å². The zero-order valence-corrected chi connectivity index (χ0v) is 18.0. The van der Waals surface area contributed by atoms with Crippen LogP contribution < -0.4 is 22.1 Å². The summed E-state index contributed by atoms with van der Waals surface area (Å²) in [5.74, 6) is -1.37. The van der Waals surface area contributed by atoms with Gasteiger partial charge >= 0.3 is 0 Å². The molecule has 0 fully saturated rings. The number of amides is 2. The van der Waals surface area contributed by atoms with Crippen molar-refractivity contribution in [3.05, 3.63) is 35.9 Å². The predicted octanol–water partition coefficient (Wildman–Crippen LogP) is 1.12. The van der Waals surface area contributed by atoms with Crippen molar-refractivity contribution < 1.29 is 14.4 Å². The minimum Gasteiger partial charge on any atom is -0.344 e. The van der Waals surface area contributed by atoms with Crippen molar-refractivity contribution >= 4 is 29.2 Å². The van der Waals surface area contributed by atoms with Gasteiger partial charge in [0.05, 0.1) is 18.0 Å². The predicted molar refractivity (Wildman–Crippen MR) is 115 cm³/mol. The standard InChI is InChI=1S/C21H33ClN4O3/c1-14(2)19(24)21(29)26-17(12-15-8-4-3-5-9-15)20(28)25-16(18(27)13-22)10-6-7-11-23/h3-5,8-9,14,16-17,19H,6-7,10-13,23-24H2,1-2H3,(H,25,28)(H,26,29)/t16-,17-,19+/m0/s1. The van der Waals surface area contributed by atoms with E-state index in [1.165, 1.54) is 0 Å². The molecule has 0 aliphatic carbocycles. The molecule has 7 nitrogen and oxygen atoms in total. The molecule has 0 aliphatic heterocycles. The maximum atomic E-state index is 13.0. The number of unbranched alkanes of at least 4 members (excludes halogenated alkanes) is 1. The van der Waals surface area contributed by atoms with E-state index in [2.05, 4.69) is 10.6 Å². The number of hydrogen-bond acceptors (Lipinski definition) is 5. The fraction of sp³-hybridized carbons (Fsp3) is 0.571. The molecule has 0 spiro atoms. The molecule has 162 valence electrons. The van der Waals surface area contributed by atoms with E-state index in [4.69, 9.17) is 23.1 Å². The van der Waals surface area contributed by atoms with E-state index < -0.39 is 29.9 Å². The van der Waals surface area contributed by atoms with Crippen LogP contribution in [-0.2, 0) is 20.8 Å². The molecule has 0 saturated heterocycles. The number of Topliss-reactive ketones (excluding diaryl/α,β-unsaturated/α-hetero) is 1. The van der Waals surface area contributed by atoms with Crippen molar-refractivity contribution in [2.24, 2.45) is 17.4 Å². The molecule has 0 bridgehead atoms. The molecule has 8 heteroatoms. The Morgan fingerprint density at radius 1 is 1.00 bits per heavy atom. The number of rotatable bonds is 13. The monoisotopic (exact) mass is 424 g/mol. The lowest BCUT2D eigenvalue weighted by Gasteiger charge is -2.24.